The molecule has 0 atom stereocenters. The summed E-state index contributed by atoms with van der Waals surface area (Å²) in [5, 5.41) is 10.4. The largest absolute Gasteiger partial charge is 0.289 e. The van der Waals surface area contributed by atoms with Gasteiger partial charge in [0.1, 0.15) is 12.4 Å². The van der Waals surface area contributed by atoms with E-state index in [0.29, 0.717) is 5.82 Å². The second kappa shape index (κ2) is 2.34. The molecule has 5 nitrogen and oxygen atoms in total. The van der Waals surface area contributed by atoms with Gasteiger partial charge in [-0.25, -0.2) is 4.68 Å². The Balaban J connectivity index is 2.80. The number of aromatic nitrogens is 4. The summed E-state index contributed by atoms with van der Waals surface area (Å²) in [7, 11) is 0. The van der Waals surface area contributed by atoms with Gasteiger partial charge in [-0.05, 0) is 17.4 Å². The van der Waals surface area contributed by atoms with Gasteiger partial charge in [0.25, 0.3) is 0 Å². The Morgan fingerprint density at radius 3 is 3.00 bits per heavy atom. The fourth-order valence-corrected chi connectivity index (χ4v) is 0.457. The molecule has 1 radical (unpaired) electrons. The molecule has 1 heterocycles. The molecule has 0 unspecified atom stereocenters. The molecule has 0 aromatic carbocycles. The maximum atomic E-state index is 9.78. The van der Waals surface area contributed by atoms with E-state index in [2.05, 4.69) is 15.5 Å². The molecule has 0 aliphatic rings. The van der Waals surface area contributed by atoms with Crippen LogP contribution in [0.5, 0.6) is 0 Å². The maximum Gasteiger partial charge on any atom is 0.221 e. The van der Waals surface area contributed by atoms with E-state index in [0.717, 1.165) is 0 Å². The summed E-state index contributed by atoms with van der Waals surface area (Å²) >= 11 is 0. The van der Waals surface area contributed by atoms with Crippen molar-refractivity contribution in [1.82, 2.24) is 20.2 Å². The number of hydrogen-bond acceptors (Lipinski definition) is 4. The zero-order valence-corrected chi connectivity index (χ0v) is 4.90. The first kappa shape index (κ1) is 5.87. The van der Waals surface area contributed by atoms with Crippen LogP contribution in [0.1, 0.15) is 5.82 Å². The minimum atomic E-state index is 0.110. The molecule has 5 heteroatoms. The van der Waals surface area contributed by atoms with Gasteiger partial charge < -0.3 is 0 Å². The zero-order chi connectivity index (χ0) is 6.69. The Hall–Kier alpha value is -1.26. The van der Waals surface area contributed by atoms with Gasteiger partial charge in [-0.2, -0.15) is 0 Å². The van der Waals surface area contributed by atoms with Crippen molar-refractivity contribution < 1.29 is 4.79 Å². The molecule has 1 rings (SSSR count). The van der Waals surface area contributed by atoms with Crippen LogP contribution in [-0.4, -0.2) is 26.5 Å². The van der Waals surface area contributed by atoms with Gasteiger partial charge >= 0.3 is 0 Å². The number of hydrogen-bond donors (Lipinski definition) is 0. The highest BCUT2D eigenvalue weighted by Crippen LogP contribution is 1.83. The molecule has 0 amide bonds. The summed E-state index contributed by atoms with van der Waals surface area (Å²) in [6.07, 6.45) is 1.68. The van der Waals surface area contributed by atoms with Crippen LogP contribution in [-0.2, 0) is 11.3 Å². The lowest BCUT2D eigenvalue weighted by Gasteiger charge is -1.88. The SMILES string of the molecule is Cc1nnnn1C[C]=O. The van der Waals surface area contributed by atoms with E-state index in [9.17, 15) is 4.79 Å². The molecule has 1 aromatic rings. The fraction of sp³-hybridized carbons (Fsp3) is 0.500. The topological polar surface area (TPSA) is 60.7 Å². The van der Waals surface area contributed by atoms with Crippen molar-refractivity contribution in [2.24, 2.45) is 0 Å². The second-order valence-electron chi connectivity index (χ2n) is 1.53. The van der Waals surface area contributed by atoms with Crippen molar-refractivity contribution >= 4 is 6.29 Å². The molecule has 0 saturated heterocycles. The van der Waals surface area contributed by atoms with Crippen LogP contribution < -0.4 is 0 Å². The van der Waals surface area contributed by atoms with Crippen LogP contribution >= 0.6 is 0 Å². The van der Waals surface area contributed by atoms with Gasteiger partial charge in [-0.1, -0.05) is 0 Å². The van der Waals surface area contributed by atoms with E-state index in [-0.39, 0.29) is 6.54 Å². The van der Waals surface area contributed by atoms with E-state index in [1.165, 1.54) is 4.68 Å². The number of nitrogens with zero attached hydrogens (tertiary/aromatic N) is 4. The predicted molar refractivity (Wildman–Crippen MR) is 28.2 cm³/mol. The lowest BCUT2D eigenvalue weighted by Crippen LogP contribution is -2.02. The monoisotopic (exact) mass is 125 g/mol. The average molecular weight is 125 g/mol. The fourth-order valence-electron chi connectivity index (χ4n) is 0.457. The third-order valence-electron chi connectivity index (χ3n) is 0.925. The average Bonchev–Trinajstić information content (AvgIpc) is 2.18. The summed E-state index contributed by atoms with van der Waals surface area (Å²) in [5.74, 6) is 0.623. The first-order chi connectivity index (χ1) is 4.34. The Morgan fingerprint density at radius 2 is 2.56 bits per heavy atom. The van der Waals surface area contributed by atoms with E-state index in [1.807, 2.05) is 0 Å². The first-order valence-electron chi connectivity index (χ1n) is 2.42. The van der Waals surface area contributed by atoms with E-state index in [4.69, 9.17) is 0 Å². The number of rotatable bonds is 2. The van der Waals surface area contributed by atoms with Crippen LogP contribution in [0.15, 0.2) is 0 Å². The van der Waals surface area contributed by atoms with Crippen molar-refractivity contribution in [1.29, 1.82) is 0 Å². The van der Waals surface area contributed by atoms with Crippen molar-refractivity contribution in [3.63, 3.8) is 0 Å². The smallest absolute Gasteiger partial charge is 0.221 e. The molecule has 1 aromatic heterocycles. The molecular formula is C4H5N4O. The zero-order valence-electron chi connectivity index (χ0n) is 4.90. The van der Waals surface area contributed by atoms with Crippen LogP contribution in [0.2, 0.25) is 0 Å². The number of aryl methyl sites for hydroxylation is 1. The van der Waals surface area contributed by atoms with Crippen molar-refractivity contribution in [2.45, 2.75) is 13.5 Å². The van der Waals surface area contributed by atoms with Gasteiger partial charge in [-0.15, -0.1) is 5.10 Å². The predicted octanol–water partition coefficient (Wildman–Crippen LogP) is -0.909. The van der Waals surface area contributed by atoms with Gasteiger partial charge in [0.2, 0.25) is 6.29 Å². The van der Waals surface area contributed by atoms with Gasteiger partial charge in [0, 0.05) is 0 Å². The number of tetrazole rings is 1. The first-order valence-corrected chi connectivity index (χ1v) is 2.42. The standard InChI is InChI=1S/C4H5N4O/c1-4-5-6-7-8(4)2-3-9/h2H2,1H3. The van der Waals surface area contributed by atoms with Crippen molar-refractivity contribution in [2.75, 3.05) is 0 Å². The third kappa shape index (κ3) is 1.10. The van der Waals surface area contributed by atoms with Crippen LogP contribution in [0.25, 0.3) is 0 Å². The van der Waals surface area contributed by atoms with Crippen LogP contribution in [0.3, 0.4) is 0 Å². The Labute approximate surface area is 51.7 Å². The summed E-state index contributed by atoms with van der Waals surface area (Å²) in [4.78, 5) is 9.78. The van der Waals surface area contributed by atoms with E-state index >= 15 is 0 Å². The highest BCUT2D eigenvalue weighted by Gasteiger charge is 1.96. The Bertz CT molecular complexity index is 206. The summed E-state index contributed by atoms with van der Waals surface area (Å²) in [5.41, 5.74) is 0. The van der Waals surface area contributed by atoms with E-state index in [1.54, 1.807) is 13.2 Å². The van der Waals surface area contributed by atoms with Gasteiger partial charge in [-0.3, -0.25) is 4.79 Å². The molecule has 0 N–H and O–H groups in total. The Morgan fingerprint density at radius 1 is 1.78 bits per heavy atom. The summed E-state index contributed by atoms with van der Waals surface area (Å²) < 4.78 is 1.37. The van der Waals surface area contributed by atoms with Crippen LogP contribution in [0.4, 0.5) is 0 Å². The molecule has 9 heavy (non-hydrogen) atoms. The lowest BCUT2D eigenvalue weighted by atomic mass is 10.6. The highest BCUT2D eigenvalue weighted by atomic mass is 16.1. The van der Waals surface area contributed by atoms with Crippen molar-refractivity contribution in [3.8, 4) is 0 Å². The summed E-state index contributed by atoms with van der Waals surface area (Å²) in [6, 6.07) is 0. The molecule has 0 aliphatic carbocycles. The Kier molecular flexibility index (Phi) is 1.53. The third-order valence-corrected chi connectivity index (χ3v) is 0.925. The molecule has 0 spiro atoms. The summed E-state index contributed by atoms with van der Waals surface area (Å²) in [6.45, 7) is 1.83. The quantitative estimate of drug-likeness (QED) is 0.513. The highest BCUT2D eigenvalue weighted by molar-refractivity contribution is 5.49. The molecule has 0 aliphatic heterocycles. The molecule has 0 bridgehead atoms. The van der Waals surface area contributed by atoms with Crippen LogP contribution in [0, 0.1) is 6.92 Å². The second-order valence-corrected chi connectivity index (χ2v) is 1.53. The van der Waals surface area contributed by atoms with Crippen molar-refractivity contribution in [3.05, 3.63) is 5.82 Å². The normalized spacial score (nSPS) is 9.44. The molecular weight excluding hydrogens is 120 g/mol. The van der Waals surface area contributed by atoms with Gasteiger partial charge in [0.15, 0.2) is 0 Å². The van der Waals surface area contributed by atoms with E-state index < -0.39 is 0 Å². The molecule has 0 saturated carbocycles. The minimum absolute atomic E-state index is 0.110. The van der Waals surface area contributed by atoms with Gasteiger partial charge in [0.05, 0.1) is 0 Å². The molecule has 0 fully saturated rings. The maximum absolute atomic E-state index is 9.78. The minimum Gasteiger partial charge on any atom is -0.289 e. The number of carbonyl (C=O) groups excluding carboxylic acids is 1. The molecule has 47 valence electrons. The lowest BCUT2D eigenvalue weighted by molar-refractivity contribution is 0.533.